The fourth-order valence-electron chi connectivity index (χ4n) is 1.20. The van der Waals surface area contributed by atoms with Crippen LogP contribution in [0.1, 0.15) is 58.8 Å². The predicted molar refractivity (Wildman–Crippen MR) is 66.5 cm³/mol. The first-order valence-electron chi connectivity index (χ1n) is 6.01. The Kier molecular flexibility index (Phi) is 10.5. The predicted octanol–water partition coefficient (Wildman–Crippen LogP) is 4.29. The van der Waals surface area contributed by atoms with Gasteiger partial charge in [-0.05, 0) is 26.2 Å². The largest absolute Gasteiger partial charge is 0.499 e. The van der Waals surface area contributed by atoms with Crippen molar-refractivity contribution >= 4 is 0 Å². The number of hydrogen-bond donors (Lipinski definition) is 0. The summed E-state index contributed by atoms with van der Waals surface area (Å²) in [4.78, 5) is 0. The molecule has 0 bridgehead atoms. The fraction of sp³-hybridized carbons (Fsp3) is 0.714. The van der Waals surface area contributed by atoms with Crippen LogP contribution >= 0.6 is 0 Å². The Balaban J connectivity index is 3.12. The molecule has 0 heterocycles. The maximum atomic E-state index is 5.26. The lowest BCUT2D eigenvalue weighted by Gasteiger charge is -2.02. The first kappa shape index (κ1) is 14.1. The van der Waals surface area contributed by atoms with E-state index in [2.05, 4.69) is 25.3 Å². The quantitative estimate of drug-likeness (QED) is 0.328. The van der Waals surface area contributed by atoms with Gasteiger partial charge in [0.1, 0.15) is 0 Å². The summed E-state index contributed by atoms with van der Waals surface area (Å²) in [6, 6.07) is 0. The van der Waals surface area contributed by atoms with Crippen molar-refractivity contribution in [3.8, 4) is 11.8 Å². The van der Waals surface area contributed by atoms with Crippen LogP contribution in [-0.4, -0.2) is 6.61 Å². The molecule has 1 nitrogen and oxygen atoms in total. The van der Waals surface area contributed by atoms with E-state index in [-0.39, 0.29) is 0 Å². The summed E-state index contributed by atoms with van der Waals surface area (Å²) in [6.45, 7) is 8.57. The van der Waals surface area contributed by atoms with Gasteiger partial charge in [0.25, 0.3) is 0 Å². The maximum absolute atomic E-state index is 5.26. The summed E-state index contributed by atoms with van der Waals surface area (Å²) in [6.07, 6.45) is 8.12. The third kappa shape index (κ3) is 13.1. The van der Waals surface area contributed by atoms with E-state index in [0.29, 0.717) is 0 Å². The van der Waals surface area contributed by atoms with E-state index in [1.165, 1.54) is 19.3 Å². The van der Waals surface area contributed by atoms with Gasteiger partial charge in [0.05, 0.1) is 12.4 Å². The first-order valence-corrected chi connectivity index (χ1v) is 6.01. The zero-order valence-corrected chi connectivity index (χ0v) is 10.3. The molecule has 0 amide bonds. The van der Waals surface area contributed by atoms with Crippen LogP contribution in [0.5, 0.6) is 0 Å². The lowest BCUT2D eigenvalue weighted by molar-refractivity contribution is 0.210. The molecule has 0 aromatic carbocycles. The summed E-state index contributed by atoms with van der Waals surface area (Å²) in [7, 11) is 0. The second-order valence-electron chi connectivity index (χ2n) is 3.82. The number of unbranched alkanes of at least 4 members (excludes halogenated alkanes) is 5. The van der Waals surface area contributed by atoms with Crippen molar-refractivity contribution in [1.29, 1.82) is 0 Å². The second-order valence-corrected chi connectivity index (χ2v) is 3.82. The molecule has 0 unspecified atom stereocenters. The van der Waals surface area contributed by atoms with Gasteiger partial charge in [-0.1, -0.05) is 26.3 Å². The van der Waals surface area contributed by atoms with Gasteiger partial charge >= 0.3 is 0 Å². The zero-order valence-electron chi connectivity index (χ0n) is 10.3. The molecule has 0 aromatic rings. The maximum Gasteiger partial charge on any atom is 0.0877 e. The molecule has 0 radical (unpaired) electrons. The van der Waals surface area contributed by atoms with Crippen molar-refractivity contribution in [2.24, 2.45) is 0 Å². The van der Waals surface area contributed by atoms with E-state index < -0.39 is 0 Å². The lowest BCUT2D eigenvalue weighted by Crippen LogP contribution is -1.90. The van der Waals surface area contributed by atoms with Gasteiger partial charge < -0.3 is 4.74 Å². The second kappa shape index (κ2) is 11.2. The molecule has 0 aromatic heterocycles. The number of ether oxygens (including phenoxy) is 1. The molecule has 0 aliphatic heterocycles. The Hall–Kier alpha value is -0.900. The monoisotopic (exact) mass is 208 g/mol. The molecule has 0 saturated heterocycles. The molecule has 0 rings (SSSR count). The zero-order chi connectivity index (χ0) is 11.4. The van der Waals surface area contributed by atoms with Crippen LogP contribution in [0, 0.1) is 11.8 Å². The molecule has 0 spiro atoms. The highest BCUT2D eigenvalue weighted by molar-refractivity contribution is 4.98. The summed E-state index contributed by atoms with van der Waals surface area (Å²) in [5, 5.41) is 0. The van der Waals surface area contributed by atoms with Crippen LogP contribution in [0.2, 0.25) is 0 Å². The molecule has 86 valence electrons. The van der Waals surface area contributed by atoms with Crippen LogP contribution in [0.3, 0.4) is 0 Å². The Morgan fingerprint density at radius 3 is 2.20 bits per heavy atom. The minimum atomic E-state index is 0.785. The van der Waals surface area contributed by atoms with Crippen molar-refractivity contribution in [2.45, 2.75) is 58.8 Å². The van der Waals surface area contributed by atoms with E-state index in [0.717, 1.165) is 38.0 Å². The van der Waals surface area contributed by atoms with Crippen LogP contribution in [-0.2, 0) is 4.74 Å². The SMILES string of the molecule is C=C(C)OCCCCC#CCCCCC. The molecule has 1 heteroatoms. The van der Waals surface area contributed by atoms with Gasteiger partial charge in [0, 0.05) is 12.8 Å². The lowest BCUT2D eigenvalue weighted by atomic mass is 10.2. The van der Waals surface area contributed by atoms with Crippen molar-refractivity contribution in [2.75, 3.05) is 6.61 Å². The molecule has 0 fully saturated rings. The topological polar surface area (TPSA) is 9.23 Å². The normalized spacial score (nSPS) is 9.20. The molecule has 0 aliphatic rings. The Labute approximate surface area is 94.9 Å². The summed E-state index contributed by atoms with van der Waals surface area (Å²) in [5.41, 5.74) is 0. The molecule has 0 saturated carbocycles. The highest BCUT2D eigenvalue weighted by Gasteiger charge is 1.87. The number of allylic oxidation sites excluding steroid dienone is 1. The minimum absolute atomic E-state index is 0.785. The van der Waals surface area contributed by atoms with Gasteiger partial charge in [-0.3, -0.25) is 0 Å². The third-order valence-electron chi connectivity index (χ3n) is 2.07. The van der Waals surface area contributed by atoms with Crippen LogP contribution in [0.4, 0.5) is 0 Å². The highest BCUT2D eigenvalue weighted by atomic mass is 16.5. The molecule has 0 N–H and O–H groups in total. The Bertz CT molecular complexity index is 207. The van der Waals surface area contributed by atoms with Crippen LogP contribution in [0.15, 0.2) is 12.3 Å². The molecular formula is C14H24O. The number of hydrogen-bond acceptors (Lipinski definition) is 1. The van der Waals surface area contributed by atoms with Crippen molar-refractivity contribution in [1.82, 2.24) is 0 Å². The average Bonchev–Trinajstić information content (AvgIpc) is 2.20. The molecular weight excluding hydrogens is 184 g/mol. The Morgan fingerprint density at radius 1 is 1.07 bits per heavy atom. The molecule has 0 atom stereocenters. The summed E-state index contributed by atoms with van der Waals surface area (Å²) < 4.78 is 5.26. The third-order valence-corrected chi connectivity index (χ3v) is 2.07. The summed E-state index contributed by atoms with van der Waals surface area (Å²) in [5.74, 6) is 7.22. The van der Waals surface area contributed by atoms with Crippen molar-refractivity contribution in [3.05, 3.63) is 12.3 Å². The van der Waals surface area contributed by atoms with Crippen LogP contribution < -0.4 is 0 Å². The van der Waals surface area contributed by atoms with Gasteiger partial charge in [-0.2, -0.15) is 0 Å². The number of rotatable bonds is 8. The Morgan fingerprint density at radius 2 is 1.67 bits per heavy atom. The van der Waals surface area contributed by atoms with E-state index in [4.69, 9.17) is 4.74 Å². The minimum Gasteiger partial charge on any atom is -0.499 e. The van der Waals surface area contributed by atoms with Gasteiger partial charge in [-0.25, -0.2) is 0 Å². The smallest absolute Gasteiger partial charge is 0.0877 e. The van der Waals surface area contributed by atoms with Gasteiger partial charge in [0.15, 0.2) is 0 Å². The highest BCUT2D eigenvalue weighted by Crippen LogP contribution is 1.99. The molecule has 15 heavy (non-hydrogen) atoms. The van der Waals surface area contributed by atoms with Gasteiger partial charge in [-0.15, -0.1) is 11.8 Å². The van der Waals surface area contributed by atoms with Crippen LogP contribution in [0.25, 0.3) is 0 Å². The summed E-state index contributed by atoms with van der Waals surface area (Å²) >= 11 is 0. The van der Waals surface area contributed by atoms with E-state index in [1.807, 2.05) is 6.92 Å². The van der Waals surface area contributed by atoms with E-state index >= 15 is 0 Å². The van der Waals surface area contributed by atoms with E-state index in [1.54, 1.807) is 0 Å². The fourth-order valence-corrected chi connectivity index (χ4v) is 1.20. The first-order chi connectivity index (χ1) is 7.27. The van der Waals surface area contributed by atoms with Gasteiger partial charge in [0.2, 0.25) is 0 Å². The van der Waals surface area contributed by atoms with Crippen molar-refractivity contribution in [3.63, 3.8) is 0 Å². The average molecular weight is 208 g/mol. The van der Waals surface area contributed by atoms with Crippen molar-refractivity contribution < 1.29 is 4.74 Å². The van der Waals surface area contributed by atoms with E-state index in [9.17, 15) is 0 Å². The standard InChI is InChI=1S/C14H24O/c1-4-5-6-7-8-9-10-11-12-13-15-14(2)3/h2,4-7,10-13H2,1,3H3. The molecule has 0 aliphatic carbocycles.